The van der Waals surface area contributed by atoms with E-state index in [2.05, 4.69) is 4.98 Å². The van der Waals surface area contributed by atoms with Crippen molar-refractivity contribution < 1.29 is 18.0 Å². The summed E-state index contributed by atoms with van der Waals surface area (Å²) in [5.41, 5.74) is 7.64. The van der Waals surface area contributed by atoms with E-state index in [9.17, 15) is 18.0 Å². The minimum atomic E-state index is -4.45. The largest absolute Gasteiger partial charge is 0.416 e. The predicted molar refractivity (Wildman–Crippen MR) is 148 cm³/mol. The summed E-state index contributed by atoms with van der Waals surface area (Å²) in [4.78, 5) is 21.6. The van der Waals surface area contributed by atoms with Gasteiger partial charge in [-0.2, -0.15) is 13.2 Å². The van der Waals surface area contributed by atoms with E-state index in [-0.39, 0.29) is 11.8 Å². The number of halogens is 5. The van der Waals surface area contributed by atoms with Crippen LogP contribution in [-0.4, -0.2) is 46.5 Å². The molecule has 0 aliphatic carbocycles. The third-order valence-corrected chi connectivity index (χ3v) is 7.60. The summed E-state index contributed by atoms with van der Waals surface area (Å²) in [5.74, 6) is 0.147. The van der Waals surface area contributed by atoms with Crippen LogP contribution in [0.15, 0.2) is 55.1 Å². The van der Waals surface area contributed by atoms with E-state index < -0.39 is 23.8 Å². The second kappa shape index (κ2) is 12.2. The van der Waals surface area contributed by atoms with E-state index in [1.165, 1.54) is 12.1 Å². The molecular formula is C28H32Cl2F3N5O. The Morgan fingerprint density at radius 2 is 1.79 bits per heavy atom. The van der Waals surface area contributed by atoms with Gasteiger partial charge in [-0.1, -0.05) is 43.1 Å². The maximum Gasteiger partial charge on any atom is 0.416 e. The molecule has 1 aliphatic rings. The molecule has 2 N–H and O–H groups in total. The molecule has 1 aliphatic heterocycles. The molecule has 0 bridgehead atoms. The molecule has 39 heavy (non-hydrogen) atoms. The molecular weight excluding hydrogens is 550 g/mol. The number of aromatic nitrogens is 2. The molecule has 1 aromatic heterocycles. The number of rotatable bonds is 8. The van der Waals surface area contributed by atoms with Gasteiger partial charge in [0.2, 0.25) is 5.91 Å². The first-order valence-corrected chi connectivity index (χ1v) is 13.6. The number of piperazine rings is 1. The molecule has 2 atom stereocenters. The molecule has 210 valence electrons. The highest BCUT2D eigenvalue weighted by Gasteiger charge is 2.34. The van der Waals surface area contributed by atoms with E-state index in [1.807, 2.05) is 24.8 Å². The first-order chi connectivity index (χ1) is 18.4. The number of carbonyl (C=O) groups excluding carboxylic acids is 1. The van der Waals surface area contributed by atoms with Crippen molar-refractivity contribution in [3.63, 3.8) is 0 Å². The van der Waals surface area contributed by atoms with E-state index in [0.717, 1.165) is 11.6 Å². The highest BCUT2D eigenvalue weighted by Crippen LogP contribution is 2.37. The van der Waals surface area contributed by atoms with Crippen molar-refractivity contribution in [2.24, 2.45) is 11.7 Å². The third kappa shape index (κ3) is 7.07. The van der Waals surface area contributed by atoms with Gasteiger partial charge in [-0.3, -0.25) is 4.79 Å². The number of anilines is 1. The van der Waals surface area contributed by atoms with Crippen molar-refractivity contribution in [1.29, 1.82) is 0 Å². The van der Waals surface area contributed by atoms with Crippen LogP contribution in [0.25, 0.3) is 0 Å². The molecule has 2 aromatic carbocycles. The summed E-state index contributed by atoms with van der Waals surface area (Å²) in [5, 5.41) is 0.999. The van der Waals surface area contributed by atoms with E-state index >= 15 is 0 Å². The summed E-state index contributed by atoms with van der Waals surface area (Å²) in [6.07, 6.45) is 1.44. The van der Waals surface area contributed by atoms with Gasteiger partial charge in [0.25, 0.3) is 0 Å². The number of benzene rings is 2. The van der Waals surface area contributed by atoms with Crippen molar-refractivity contribution in [1.82, 2.24) is 14.5 Å². The molecule has 2 heterocycles. The molecule has 0 radical (unpaired) electrons. The number of hydrogen-bond donors (Lipinski definition) is 1. The second-order valence-corrected chi connectivity index (χ2v) is 11.1. The molecule has 1 saturated heterocycles. The van der Waals surface area contributed by atoms with Gasteiger partial charge >= 0.3 is 6.18 Å². The number of nitrogens with zero attached hydrogens (tertiary/aromatic N) is 4. The van der Waals surface area contributed by atoms with Gasteiger partial charge in [-0.25, -0.2) is 4.98 Å². The second-order valence-electron chi connectivity index (χ2n) is 10.3. The van der Waals surface area contributed by atoms with Gasteiger partial charge in [0, 0.05) is 66.8 Å². The van der Waals surface area contributed by atoms with Crippen LogP contribution < -0.4 is 10.6 Å². The van der Waals surface area contributed by atoms with Gasteiger partial charge < -0.3 is 20.1 Å². The minimum absolute atomic E-state index is 0.0807. The first kappa shape index (κ1) is 29.2. The van der Waals surface area contributed by atoms with Crippen LogP contribution in [0.4, 0.5) is 18.9 Å². The van der Waals surface area contributed by atoms with Crippen molar-refractivity contribution in [2.45, 2.75) is 44.9 Å². The Bertz CT molecular complexity index is 1270. The van der Waals surface area contributed by atoms with Gasteiger partial charge in [-0.15, -0.1) is 0 Å². The van der Waals surface area contributed by atoms with E-state index in [4.69, 9.17) is 28.9 Å². The van der Waals surface area contributed by atoms with Crippen LogP contribution in [0.3, 0.4) is 0 Å². The summed E-state index contributed by atoms with van der Waals surface area (Å²) in [6.45, 7) is 5.75. The molecule has 2 unspecified atom stereocenters. The SMILES string of the molecule is CC(C)CC(N)c1cc(C(F)(F)F)ccc1N1CCN(C(=O)C(Cc2ccc(Cl)cc2Cl)n2ccnc2)CC1. The number of imidazole rings is 1. The zero-order chi connectivity index (χ0) is 28.3. The van der Waals surface area contributed by atoms with E-state index in [0.29, 0.717) is 60.3 Å². The fourth-order valence-corrected chi connectivity index (χ4v) is 5.48. The first-order valence-electron chi connectivity index (χ1n) is 12.9. The number of nitrogens with two attached hydrogens (primary N) is 1. The standard InChI is InChI=1S/C28H32Cl2F3N5O/c1-18(2)13-24(34)22-15-20(28(31,32)33)4-6-25(22)36-9-11-37(12-10-36)27(39)26(38-8-7-35-17-38)14-19-3-5-21(29)16-23(19)30/h3-8,15-18,24,26H,9-14,34H2,1-2H3. The lowest BCUT2D eigenvalue weighted by atomic mass is 9.94. The molecule has 11 heteroatoms. The van der Waals surface area contributed by atoms with Gasteiger partial charge in [0.05, 0.1) is 11.9 Å². The molecule has 0 spiro atoms. The van der Waals surface area contributed by atoms with Crippen molar-refractivity contribution in [3.8, 4) is 0 Å². The van der Waals surface area contributed by atoms with Crippen LogP contribution in [-0.2, 0) is 17.4 Å². The van der Waals surface area contributed by atoms with Crippen LogP contribution in [0, 0.1) is 5.92 Å². The highest BCUT2D eigenvalue weighted by molar-refractivity contribution is 6.35. The lowest BCUT2D eigenvalue weighted by Gasteiger charge is -2.39. The van der Waals surface area contributed by atoms with Gasteiger partial charge in [0.15, 0.2) is 0 Å². The quantitative estimate of drug-likeness (QED) is 0.335. The zero-order valence-electron chi connectivity index (χ0n) is 21.8. The minimum Gasteiger partial charge on any atom is -0.368 e. The Labute approximate surface area is 236 Å². The Morgan fingerprint density at radius 3 is 2.38 bits per heavy atom. The van der Waals surface area contributed by atoms with Crippen LogP contribution >= 0.6 is 23.2 Å². The maximum atomic E-state index is 13.7. The fourth-order valence-electron chi connectivity index (χ4n) is 5.00. The van der Waals surface area contributed by atoms with Crippen LogP contribution in [0.5, 0.6) is 0 Å². The monoisotopic (exact) mass is 581 g/mol. The lowest BCUT2D eigenvalue weighted by Crippen LogP contribution is -2.51. The molecule has 6 nitrogen and oxygen atoms in total. The summed E-state index contributed by atoms with van der Waals surface area (Å²) < 4.78 is 42.2. The van der Waals surface area contributed by atoms with Crippen molar-refractivity contribution in [3.05, 3.63) is 81.9 Å². The Hall–Kier alpha value is -2.75. The maximum absolute atomic E-state index is 13.7. The number of hydrogen-bond acceptors (Lipinski definition) is 4. The van der Waals surface area contributed by atoms with Crippen molar-refractivity contribution in [2.75, 3.05) is 31.1 Å². The lowest BCUT2D eigenvalue weighted by molar-refractivity contribution is -0.137. The number of alkyl halides is 3. The zero-order valence-corrected chi connectivity index (χ0v) is 23.3. The summed E-state index contributed by atoms with van der Waals surface area (Å²) in [6, 6.07) is 7.89. The normalized spacial score (nSPS) is 16.0. The fraction of sp³-hybridized carbons (Fsp3) is 0.429. The highest BCUT2D eigenvalue weighted by atomic mass is 35.5. The van der Waals surface area contributed by atoms with Gasteiger partial charge in [-0.05, 0) is 53.8 Å². The van der Waals surface area contributed by atoms with Gasteiger partial charge in [0.1, 0.15) is 6.04 Å². The third-order valence-electron chi connectivity index (χ3n) is 7.01. The smallest absolute Gasteiger partial charge is 0.368 e. The number of carbonyl (C=O) groups is 1. The Morgan fingerprint density at radius 1 is 1.08 bits per heavy atom. The number of amides is 1. The average molecular weight is 582 g/mol. The molecule has 0 saturated carbocycles. The van der Waals surface area contributed by atoms with E-state index in [1.54, 1.807) is 40.3 Å². The Kier molecular flexibility index (Phi) is 9.14. The molecule has 1 amide bonds. The molecule has 4 rings (SSSR count). The molecule has 1 fully saturated rings. The summed E-state index contributed by atoms with van der Waals surface area (Å²) >= 11 is 12.4. The predicted octanol–water partition coefficient (Wildman–Crippen LogP) is 6.39. The average Bonchev–Trinajstić information content (AvgIpc) is 3.41. The Balaban J connectivity index is 1.53. The molecule has 3 aromatic rings. The van der Waals surface area contributed by atoms with Crippen molar-refractivity contribution >= 4 is 34.8 Å². The topological polar surface area (TPSA) is 67.4 Å². The van der Waals surface area contributed by atoms with Crippen LogP contribution in [0.1, 0.15) is 49.0 Å². The van der Waals surface area contributed by atoms with Crippen LogP contribution in [0.2, 0.25) is 10.0 Å². The summed E-state index contributed by atoms with van der Waals surface area (Å²) in [7, 11) is 0.